The van der Waals surface area contributed by atoms with Gasteiger partial charge in [0.05, 0.1) is 0 Å². The van der Waals surface area contributed by atoms with Crippen LogP contribution in [0.4, 0.5) is 0 Å². The molecule has 1 unspecified atom stereocenters. The standard InChI is InChI=1S/C12H17NO2S/c14-11-5-1-3-9(12(11)15)7-13-8-10-4-2-6-16-10/h1,3,5,10,13-15H,2,4,6-8H2. The second kappa shape index (κ2) is 5.46. The van der Waals surface area contributed by atoms with E-state index in [2.05, 4.69) is 5.32 Å². The van der Waals surface area contributed by atoms with Gasteiger partial charge in [-0.1, -0.05) is 12.1 Å². The summed E-state index contributed by atoms with van der Waals surface area (Å²) >= 11 is 2.01. The van der Waals surface area contributed by atoms with Crippen LogP contribution < -0.4 is 5.32 Å². The maximum absolute atomic E-state index is 9.59. The van der Waals surface area contributed by atoms with Gasteiger partial charge in [-0.15, -0.1) is 0 Å². The fourth-order valence-corrected chi connectivity index (χ4v) is 3.13. The molecule has 1 fully saturated rings. The van der Waals surface area contributed by atoms with E-state index >= 15 is 0 Å². The van der Waals surface area contributed by atoms with E-state index in [4.69, 9.17) is 0 Å². The lowest BCUT2D eigenvalue weighted by Gasteiger charge is -2.11. The first-order valence-electron chi connectivity index (χ1n) is 5.59. The average Bonchev–Trinajstić information content (AvgIpc) is 2.77. The number of benzene rings is 1. The minimum Gasteiger partial charge on any atom is -0.504 e. The summed E-state index contributed by atoms with van der Waals surface area (Å²) < 4.78 is 0. The highest BCUT2D eigenvalue weighted by Crippen LogP contribution is 2.28. The summed E-state index contributed by atoms with van der Waals surface area (Å²) in [5.41, 5.74) is 0.753. The van der Waals surface area contributed by atoms with E-state index in [0.29, 0.717) is 11.8 Å². The van der Waals surface area contributed by atoms with Crippen LogP contribution in [0.1, 0.15) is 18.4 Å². The van der Waals surface area contributed by atoms with E-state index in [9.17, 15) is 10.2 Å². The number of phenolic OH excluding ortho intramolecular Hbond substituents is 2. The molecule has 1 aromatic carbocycles. The quantitative estimate of drug-likeness (QED) is 0.704. The molecule has 0 amide bonds. The van der Waals surface area contributed by atoms with Crippen molar-refractivity contribution in [3.63, 3.8) is 0 Å². The van der Waals surface area contributed by atoms with Crippen molar-refractivity contribution in [3.05, 3.63) is 23.8 Å². The number of hydrogen-bond donors (Lipinski definition) is 3. The number of rotatable bonds is 4. The van der Waals surface area contributed by atoms with Gasteiger partial charge in [0.1, 0.15) is 0 Å². The van der Waals surface area contributed by atoms with E-state index in [-0.39, 0.29) is 11.5 Å². The minimum absolute atomic E-state index is 0.00549. The molecular weight excluding hydrogens is 222 g/mol. The predicted molar refractivity (Wildman–Crippen MR) is 67.0 cm³/mol. The molecule has 0 bridgehead atoms. The fraction of sp³-hybridized carbons (Fsp3) is 0.500. The molecule has 16 heavy (non-hydrogen) atoms. The highest BCUT2D eigenvalue weighted by atomic mass is 32.2. The third kappa shape index (κ3) is 2.83. The first-order chi connectivity index (χ1) is 7.77. The monoisotopic (exact) mass is 239 g/mol. The fourth-order valence-electron chi connectivity index (χ4n) is 1.89. The highest BCUT2D eigenvalue weighted by Gasteiger charge is 2.15. The predicted octanol–water partition coefficient (Wildman–Crippen LogP) is 2.08. The van der Waals surface area contributed by atoms with Crippen molar-refractivity contribution in [1.29, 1.82) is 0 Å². The van der Waals surface area contributed by atoms with E-state index in [0.717, 1.165) is 12.1 Å². The molecular formula is C12H17NO2S. The Labute approximate surface area is 99.9 Å². The maximum Gasteiger partial charge on any atom is 0.161 e. The van der Waals surface area contributed by atoms with Crippen molar-refractivity contribution >= 4 is 11.8 Å². The molecule has 1 aromatic rings. The van der Waals surface area contributed by atoms with Crippen LogP contribution >= 0.6 is 11.8 Å². The second-order valence-electron chi connectivity index (χ2n) is 4.05. The van der Waals surface area contributed by atoms with Crippen LogP contribution in [0.15, 0.2) is 18.2 Å². The van der Waals surface area contributed by atoms with Gasteiger partial charge in [0.15, 0.2) is 11.5 Å². The van der Waals surface area contributed by atoms with E-state index in [1.807, 2.05) is 17.8 Å². The van der Waals surface area contributed by atoms with Crippen LogP contribution in [0.3, 0.4) is 0 Å². The Hall–Kier alpha value is -0.870. The Bertz CT molecular complexity index is 351. The smallest absolute Gasteiger partial charge is 0.161 e. The van der Waals surface area contributed by atoms with E-state index in [1.54, 1.807) is 6.07 Å². The number of para-hydroxylation sites is 1. The Morgan fingerprint density at radius 1 is 1.38 bits per heavy atom. The summed E-state index contributed by atoms with van der Waals surface area (Å²) in [7, 11) is 0. The molecule has 0 radical (unpaired) electrons. The van der Waals surface area contributed by atoms with Gasteiger partial charge in [0.25, 0.3) is 0 Å². The SMILES string of the molecule is Oc1cccc(CNCC2CCCS2)c1O. The summed E-state index contributed by atoms with van der Waals surface area (Å²) in [6.45, 7) is 1.58. The lowest BCUT2D eigenvalue weighted by Crippen LogP contribution is -2.22. The Morgan fingerprint density at radius 2 is 2.25 bits per heavy atom. The summed E-state index contributed by atoms with van der Waals surface area (Å²) in [5, 5.41) is 23.0. The molecule has 3 N–H and O–H groups in total. The summed E-state index contributed by atoms with van der Waals surface area (Å²) in [5.74, 6) is 1.22. The van der Waals surface area contributed by atoms with Crippen LogP contribution in [0, 0.1) is 0 Å². The molecule has 0 spiro atoms. The van der Waals surface area contributed by atoms with Gasteiger partial charge in [-0.3, -0.25) is 0 Å². The summed E-state index contributed by atoms with van der Waals surface area (Å²) in [4.78, 5) is 0. The van der Waals surface area contributed by atoms with Gasteiger partial charge < -0.3 is 15.5 Å². The molecule has 1 atom stereocenters. The molecule has 0 aromatic heterocycles. The lowest BCUT2D eigenvalue weighted by molar-refractivity contribution is 0.397. The number of thioether (sulfide) groups is 1. The van der Waals surface area contributed by atoms with Gasteiger partial charge in [0.2, 0.25) is 0 Å². The molecule has 1 saturated heterocycles. The normalized spacial score (nSPS) is 20.1. The lowest BCUT2D eigenvalue weighted by atomic mass is 10.2. The van der Waals surface area contributed by atoms with Crippen LogP contribution in [0.25, 0.3) is 0 Å². The van der Waals surface area contributed by atoms with Crippen LogP contribution in [-0.4, -0.2) is 27.8 Å². The molecule has 0 saturated carbocycles. The first kappa shape index (κ1) is 11.6. The van der Waals surface area contributed by atoms with Crippen LogP contribution in [-0.2, 0) is 6.54 Å². The van der Waals surface area contributed by atoms with E-state index in [1.165, 1.54) is 24.7 Å². The van der Waals surface area contributed by atoms with Crippen molar-refractivity contribution in [2.75, 3.05) is 12.3 Å². The Balaban J connectivity index is 1.82. The van der Waals surface area contributed by atoms with Crippen molar-refractivity contribution in [1.82, 2.24) is 5.32 Å². The van der Waals surface area contributed by atoms with Crippen LogP contribution in [0.5, 0.6) is 11.5 Å². The van der Waals surface area contributed by atoms with Crippen LogP contribution in [0.2, 0.25) is 0 Å². The summed E-state index contributed by atoms with van der Waals surface area (Å²) in [6.07, 6.45) is 2.60. The zero-order valence-electron chi connectivity index (χ0n) is 9.15. The molecule has 2 rings (SSSR count). The van der Waals surface area contributed by atoms with Crippen molar-refractivity contribution in [2.24, 2.45) is 0 Å². The van der Waals surface area contributed by atoms with Gasteiger partial charge in [0, 0.05) is 23.9 Å². The molecule has 0 aliphatic carbocycles. The zero-order valence-corrected chi connectivity index (χ0v) is 9.96. The Kier molecular flexibility index (Phi) is 3.96. The molecule has 1 aliphatic heterocycles. The third-order valence-electron chi connectivity index (χ3n) is 2.81. The van der Waals surface area contributed by atoms with Crippen molar-refractivity contribution < 1.29 is 10.2 Å². The molecule has 1 aliphatic rings. The van der Waals surface area contributed by atoms with Gasteiger partial charge >= 0.3 is 0 Å². The molecule has 4 heteroatoms. The molecule has 3 nitrogen and oxygen atoms in total. The molecule has 1 heterocycles. The number of hydrogen-bond acceptors (Lipinski definition) is 4. The first-order valence-corrected chi connectivity index (χ1v) is 6.64. The van der Waals surface area contributed by atoms with E-state index < -0.39 is 0 Å². The second-order valence-corrected chi connectivity index (χ2v) is 5.46. The number of nitrogens with one attached hydrogen (secondary N) is 1. The molecule has 88 valence electrons. The van der Waals surface area contributed by atoms with Crippen molar-refractivity contribution in [2.45, 2.75) is 24.6 Å². The topological polar surface area (TPSA) is 52.5 Å². The third-order valence-corrected chi connectivity index (χ3v) is 4.21. The minimum atomic E-state index is -0.0467. The Morgan fingerprint density at radius 3 is 3.00 bits per heavy atom. The van der Waals surface area contributed by atoms with Gasteiger partial charge in [-0.05, 0) is 24.7 Å². The largest absolute Gasteiger partial charge is 0.504 e. The van der Waals surface area contributed by atoms with Gasteiger partial charge in [-0.25, -0.2) is 0 Å². The zero-order chi connectivity index (χ0) is 11.4. The van der Waals surface area contributed by atoms with Crippen molar-refractivity contribution in [3.8, 4) is 11.5 Å². The maximum atomic E-state index is 9.59. The number of aromatic hydroxyl groups is 2. The average molecular weight is 239 g/mol. The highest BCUT2D eigenvalue weighted by molar-refractivity contribution is 8.00. The number of phenols is 2. The van der Waals surface area contributed by atoms with Gasteiger partial charge in [-0.2, -0.15) is 11.8 Å². The summed E-state index contributed by atoms with van der Waals surface area (Å²) in [6, 6.07) is 5.06.